The molecule has 0 saturated carbocycles. The molecule has 12 heavy (non-hydrogen) atoms. The van der Waals surface area contributed by atoms with E-state index >= 15 is 0 Å². The van der Waals surface area contributed by atoms with Crippen LogP contribution in [0.1, 0.15) is 0 Å². The molecule has 0 heterocycles. The van der Waals surface area contributed by atoms with E-state index in [1.54, 1.807) is 12.1 Å². The van der Waals surface area contributed by atoms with E-state index in [2.05, 4.69) is 13.9 Å². The Hall–Kier alpha value is -0.830. The van der Waals surface area contributed by atoms with Crippen LogP contribution in [0.25, 0.3) is 0 Å². The lowest BCUT2D eigenvalue weighted by molar-refractivity contribution is 0.631. The molecule has 0 amide bonds. The first-order valence-electron chi connectivity index (χ1n) is 3.27. The Labute approximate surface area is 74.2 Å². The van der Waals surface area contributed by atoms with Gasteiger partial charge in [-0.3, -0.25) is 0 Å². The Morgan fingerprint density at radius 1 is 1.42 bits per heavy atom. The van der Waals surface area contributed by atoms with Crippen molar-refractivity contribution in [2.75, 3.05) is 0 Å². The molecule has 0 aliphatic rings. The van der Waals surface area contributed by atoms with Crippen molar-refractivity contribution < 1.29 is 4.52 Å². The molecule has 1 aromatic carbocycles. The molecule has 2 atom stereocenters. The second-order valence-electron chi connectivity index (χ2n) is 1.96. The second kappa shape index (κ2) is 4.93. The van der Waals surface area contributed by atoms with Crippen LogP contribution in [0, 0.1) is 11.1 Å². The second-order valence-corrected chi connectivity index (χ2v) is 4.03. The van der Waals surface area contributed by atoms with Crippen molar-refractivity contribution in [3.05, 3.63) is 30.3 Å². The van der Waals surface area contributed by atoms with Gasteiger partial charge in [-0.25, -0.2) is 4.52 Å². The zero-order valence-electron chi connectivity index (χ0n) is 6.27. The van der Waals surface area contributed by atoms with Crippen LogP contribution in [0.15, 0.2) is 34.8 Å². The van der Waals surface area contributed by atoms with E-state index in [0.29, 0.717) is 5.75 Å². The third kappa shape index (κ3) is 2.66. The Morgan fingerprint density at radius 2 is 2.08 bits per heavy atom. The fourth-order valence-electron chi connectivity index (χ4n) is 0.678. The minimum atomic E-state index is -1.68. The molecule has 0 aliphatic carbocycles. The van der Waals surface area contributed by atoms with Crippen molar-refractivity contribution in [2.24, 2.45) is 4.52 Å². The summed E-state index contributed by atoms with van der Waals surface area (Å²) < 4.78 is 9.00. The highest BCUT2D eigenvalue weighted by atomic mass is 31.1. The molecule has 62 valence electrons. The Bertz CT molecular complexity index is 318. The smallest absolute Gasteiger partial charge is 0.222 e. The molecular weight excluding hydrogens is 190 g/mol. The summed E-state index contributed by atoms with van der Waals surface area (Å²) in [6, 6.07) is 9.21. The van der Waals surface area contributed by atoms with Gasteiger partial charge < -0.3 is 4.52 Å². The summed E-state index contributed by atoms with van der Waals surface area (Å²) in [7, 11) is 0.475. The number of nitriles is 1. The van der Waals surface area contributed by atoms with Crippen molar-refractivity contribution in [3.63, 3.8) is 0 Å². The minimum Gasteiger partial charge on any atom is -0.449 e. The van der Waals surface area contributed by atoms with E-state index in [9.17, 15) is 0 Å². The summed E-state index contributed by atoms with van der Waals surface area (Å²) in [5.74, 6) is 2.69. The van der Waals surface area contributed by atoms with E-state index in [1.165, 1.54) is 0 Å². The minimum absolute atomic E-state index is 0.694. The van der Waals surface area contributed by atoms with E-state index in [1.807, 2.05) is 24.0 Å². The van der Waals surface area contributed by atoms with Crippen LogP contribution >= 0.6 is 17.3 Å². The van der Waals surface area contributed by atoms with Gasteiger partial charge in [0, 0.05) is 0 Å². The SMILES string of the molecule is N#C/[PH](=N\P)Oc1ccccc1. The normalized spacial score (nSPS) is 12.0. The summed E-state index contributed by atoms with van der Waals surface area (Å²) >= 11 is 0. The third-order valence-electron chi connectivity index (χ3n) is 1.17. The number of nitrogens with zero attached hydrogens (tertiary/aromatic N) is 2. The lowest BCUT2D eigenvalue weighted by Gasteiger charge is -2.01. The van der Waals surface area contributed by atoms with Gasteiger partial charge in [0.15, 0.2) is 0 Å². The van der Waals surface area contributed by atoms with Crippen molar-refractivity contribution in [1.29, 1.82) is 5.26 Å². The topological polar surface area (TPSA) is 45.4 Å². The molecule has 0 fully saturated rings. The molecule has 5 heteroatoms. The van der Waals surface area contributed by atoms with Crippen LogP contribution in [0.3, 0.4) is 0 Å². The molecule has 0 bridgehead atoms. The average molecular weight is 198 g/mol. The van der Waals surface area contributed by atoms with Crippen LogP contribution in [-0.4, -0.2) is 0 Å². The Balaban J connectivity index is 2.72. The zero-order chi connectivity index (χ0) is 8.81. The quantitative estimate of drug-likeness (QED) is 0.685. The maximum Gasteiger partial charge on any atom is 0.222 e. The summed E-state index contributed by atoms with van der Waals surface area (Å²) in [5, 5.41) is 8.55. The number of para-hydroxylation sites is 1. The van der Waals surface area contributed by atoms with Crippen LogP contribution in [-0.2, 0) is 0 Å². The highest BCUT2D eigenvalue weighted by molar-refractivity contribution is 7.51. The van der Waals surface area contributed by atoms with Crippen molar-refractivity contribution in [2.45, 2.75) is 0 Å². The van der Waals surface area contributed by atoms with Gasteiger partial charge in [-0.15, -0.1) is 0 Å². The average Bonchev–Trinajstić information content (AvgIpc) is 2.16. The van der Waals surface area contributed by atoms with Gasteiger partial charge in [-0.2, -0.15) is 5.26 Å². The van der Waals surface area contributed by atoms with Crippen LogP contribution in [0.4, 0.5) is 0 Å². The number of hydrogen-bond acceptors (Lipinski definition) is 3. The molecule has 0 radical (unpaired) electrons. The third-order valence-corrected chi connectivity index (χ3v) is 2.73. The molecule has 0 spiro atoms. The molecule has 0 aromatic heterocycles. The lowest BCUT2D eigenvalue weighted by atomic mass is 10.3. The maximum absolute atomic E-state index is 8.55. The van der Waals surface area contributed by atoms with E-state index in [-0.39, 0.29) is 0 Å². The highest BCUT2D eigenvalue weighted by Crippen LogP contribution is 2.29. The van der Waals surface area contributed by atoms with Gasteiger partial charge in [-0.05, 0) is 21.5 Å². The molecule has 0 saturated heterocycles. The van der Waals surface area contributed by atoms with Gasteiger partial charge >= 0.3 is 0 Å². The van der Waals surface area contributed by atoms with Gasteiger partial charge in [0.2, 0.25) is 7.94 Å². The zero-order valence-corrected chi connectivity index (χ0v) is 8.42. The predicted molar refractivity (Wildman–Crippen MR) is 53.1 cm³/mol. The molecular formula is C7H8N2OP2. The molecule has 0 aliphatic heterocycles. The summed E-state index contributed by atoms with van der Waals surface area (Å²) in [5.41, 5.74) is 0. The molecule has 3 nitrogen and oxygen atoms in total. The Morgan fingerprint density at radius 3 is 2.58 bits per heavy atom. The number of benzene rings is 1. The predicted octanol–water partition coefficient (Wildman–Crippen LogP) is 2.65. The van der Waals surface area contributed by atoms with Crippen LogP contribution < -0.4 is 4.52 Å². The van der Waals surface area contributed by atoms with Gasteiger partial charge in [0.05, 0.1) is 0 Å². The summed E-state index contributed by atoms with van der Waals surface area (Å²) in [4.78, 5) is 0. The first kappa shape index (κ1) is 9.26. The largest absolute Gasteiger partial charge is 0.449 e. The molecule has 1 rings (SSSR count). The van der Waals surface area contributed by atoms with Gasteiger partial charge in [0.25, 0.3) is 0 Å². The van der Waals surface area contributed by atoms with Crippen molar-refractivity contribution in [3.8, 4) is 11.6 Å². The van der Waals surface area contributed by atoms with Gasteiger partial charge in [-0.1, -0.05) is 18.2 Å². The Kier molecular flexibility index (Phi) is 3.80. The monoisotopic (exact) mass is 198 g/mol. The number of hydrogen-bond donors (Lipinski definition) is 0. The standard InChI is InChI=1S/C7H8N2OP2/c8-6-12(9-11)10-7-4-2-1-3-5-7/h1-5,12H,11H2. The van der Waals surface area contributed by atoms with Crippen molar-refractivity contribution in [1.82, 2.24) is 0 Å². The molecule has 1 aromatic rings. The van der Waals surface area contributed by atoms with Crippen LogP contribution in [0.2, 0.25) is 0 Å². The summed E-state index contributed by atoms with van der Waals surface area (Å²) in [6.07, 6.45) is 0. The van der Waals surface area contributed by atoms with Crippen LogP contribution in [0.5, 0.6) is 5.75 Å². The van der Waals surface area contributed by atoms with Gasteiger partial charge in [0.1, 0.15) is 11.6 Å². The van der Waals surface area contributed by atoms with Crippen molar-refractivity contribution >= 4 is 17.3 Å². The fraction of sp³-hybridized carbons (Fsp3) is 0. The highest BCUT2D eigenvalue weighted by Gasteiger charge is 1.94. The molecule has 0 N–H and O–H groups in total. The van der Waals surface area contributed by atoms with E-state index < -0.39 is 7.94 Å². The lowest BCUT2D eigenvalue weighted by Crippen LogP contribution is -1.76. The number of rotatable bonds is 2. The first-order chi connectivity index (χ1) is 5.86. The summed E-state index contributed by atoms with van der Waals surface area (Å²) in [6.45, 7) is 0. The fourth-order valence-corrected chi connectivity index (χ4v) is 1.52. The first-order valence-corrected chi connectivity index (χ1v) is 5.15. The molecule has 2 unspecified atom stereocenters. The maximum atomic E-state index is 8.55. The van der Waals surface area contributed by atoms with E-state index in [0.717, 1.165) is 0 Å². The van der Waals surface area contributed by atoms with E-state index in [4.69, 9.17) is 9.79 Å².